The highest BCUT2D eigenvalue weighted by atomic mass is 35.5. The fraction of sp³-hybridized carbons (Fsp3) is 0.833. The van der Waals surface area contributed by atoms with E-state index >= 15 is 0 Å². The molecule has 4 heteroatoms. The Balaban J connectivity index is 2.07. The van der Waals surface area contributed by atoms with E-state index in [2.05, 4.69) is 4.99 Å². The Bertz CT molecular complexity index is 310. The number of aliphatic imine (C=N–C) groups is 1. The lowest BCUT2D eigenvalue weighted by atomic mass is 9.95. The molecule has 0 N–H and O–H groups in total. The maximum Gasteiger partial charge on any atom is 0.333 e. The number of rotatable bonds is 2. The average molecular weight is 244 g/mol. The van der Waals surface area contributed by atoms with Crippen molar-refractivity contribution in [2.45, 2.75) is 56.4 Å². The maximum absolute atomic E-state index is 11.5. The lowest BCUT2D eigenvalue weighted by Crippen LogP contribution is -2.36. The molecule has 1 unspecified atom stereocenters. The molecule has 0 amide bonds. The van der Waals surface area contributed by atoms with Gasteiger partial charge < -0.3 is 4.74 Å². The molecule has 90 valence electrons. The summed E-state index contributed by atoms with van der Waals surface area (Å²) in [6.07, 6.45) is 6.58. The third kappa shape index (κ3) is 2.24. The van der Waals surface area contributed by atoms with Crippen LogP contribution in [-0.4, -0.2) is 29.2 Å². The lowest BCUT2D eigenvalue weighted by molar-refractivity contribution is -0.138. The summed E-state index contributed by atoms with van der Waals surface area (Å²) in [6.45, 7) is 2.27. The zero-order chi connectivity index (χ0) is 11.6. The third-order valence-corrected chi connectivity index (χ3v) is 4.14. The van der Waals surface area contributed by atoms with Crippen LogP contribution in [0.15, 0.2) is 4.99 Å². The zero-order valence-electron chi connectivity index (χ0n) is 9.67. The molecule has 0 bridgehead atoms. The molecule has 2 rings (SSSR count). The molecule has 0 aromatic rings. The predicted octanol–water partition coefficient (Wildman–Crippen LogP) is 2.70. The highest BCUT2D eigenvalue weighted by molar-refractivity contribution is 6.46. The van der Waals surface area contributed by atoms with Gasteiger partial charge in [0.25, 0.3) is 0 Å². The normalized spacial score (nSPS) is 32.9. The molecule has 1 saturated heterocycles. The van der Waals surface area contributed by atoms with Gasteiger partial charge in [0.05, 0.1) is 6.61 Å². The van der Waals surface area contributed by atoms with Crippen LogP contribution in [0.5, 0.6) is 0 Å². The summed E-state index contributed by atoms with van der Waals surface area (Å²) in [5.41, 5.74) is 0.739. The van der Waals surface area contributed by atoms with E-state index in [4.69, 9.17) is 16.3 Å². The van der Waals surface area contributed by atoms with Crippen molar-refractivity contribution in [1.29, 1.82) is 0 Å². The van der Waals surface area contributed by atoms with Crippen LogP contribution in [0, 0.1) is 0 Å². The standard InChI is InChI=1S/C12H18ClNO2/c1-9(12(13)7-8-16-11(12)15)14-10-5-3-2-4-6-10/h10H,2-8H2,1H3. The van der Waals surface area contributed by atoms with Crippen LogP contribution in [-0.2, 0) is 9.53 Å². The number of hydrogen-bond donors (Lipinski definition) is 0. The van der Waals surface area contributed by atoms with Crippen LogP contribution in [0.3, 0.4) is 0 Å². The number of halogens is 1. The average Bonchev–Trinajstić information content (AvgIpc) is 2.62. The molecule has 3 nitrogen and oxygen atoms in total. The van der Waals surface area contributed by atoms with Gasteiger partial charge in [-0.25, -0.2) is 4.79 Å². The van der Waals surface area contributed by atoms with Crippen molar-refractivity contribution in [2.75, 3.05) is 6.61 Å². The van der Waals surface area contributed by atoms with Gasteiger partial charge in [0.2, 0.25) is 0 Å². The zero-order valence-corrected chi connectivity index (χ0v) is 10.4. The fourth-order valence-corrected chi connectivity index (χ4v) is 2.60. The van der Waals surface area contributed by atoms with Crippen LogP contribution in [0.4, 0.5) is 0 Å². The quantitative estimate of drug-likeness (QED) is 0.425. The maximum atomic E-state index is 11.5. The highest BCUT2D eigenvalue weighted by Gasteiger charge is 2.45. The van der Waals surface area contributed by atoms with Gasteiger partial charge in [0.15, 0.2) is 4.87 Å². The molecule has 0 spiro atoms. The first-order valence-electron chi connectivity index (χ1n) is 6.04. The van der Waals surface area contributed by atoms with Gasteiger partial charge in [-0.2, -0.15) is 0 Å². The van der Waals surface area contributed by atoms with E-state index in [1.807, 2.05) is 6.92 Å². The van der Waals surface area contributed by atoms with Gasteiger partial charge in [-0.15, -0.1) is 0 Å². The molecule has 1 aliphatic carbocycles. The van der Waals surface area contributed by atoms with E-state index < -0.39 is 4.87 Å². The number of hydrogen-bond acceptors (Lipinski definition) is 3. The summed E-state index contributed by atoms with van der Waals surface area (Å²) < 4.78 is 4.93. The number of cyclic esters (lactones) is 1. The number of carbonyl (C=O) groups excluding carboxylic acids is 1. The van der Waals surface area contributed by atoms with Crippen LogP contribution in [0.1, 0.15) is 45.4 Å². The highest BCUT2D eigenvalue weighted by Crippen LogP contribution is 2.31. The lowest BCUT2D eigenvalue weighted by Gasteiger charge is -2.22. The van der Waals surface area contributed by atoms with Gasteiger partial charge in [0.1, 0.15) is 0 Å². The summed E-state index contributed by atoms with van der Waals surface area (Å²) in [6, 6.07) is 0.359. The van der Waals surface area contributed by atoms with Crippen molar-refractivity contribution < 1.29 is 9.53 Å². The monoisotopic (exact) mass is 243 g/mol. The van der Waals surface area contributed by atoms with Crippen LogP contribution in [0.2, 0.25) is 0 Å². The molecule has 1 atom stereocenters. The Hall–Kier alpha value is -0.570. The molecule has 1 heterocycles. The van der Waals surface area contributed by atoms with E-state index in [0.29, 0.717) is 19.1 Å². The van der Waals surface area contributed by atoms with Crippen molar-refractivity contribution in [3.63, 3.8) is 0 Å². The first-order chi connectivity index (χ1) is 7.63. The Labute approximate surface area is 101 Å². The minimum atomic E-state index is -0.975. The SMILES string of the molecule is CC(=NC1CCCCC1)C1(Cl)CCOC1=O. The Morgan fingerprint density at radius 3 is 2.69 bits per heavy atom. The van der Waals surface area contributed by atoms with E-state index in [1.54, 1.807) is 0 Å². The summed E-state index contributed by atoms with van der Waals surface area (Å²) >= 11 is 6.29. The molecular weight excluding hydrogens is 226 g/mol. The van der Waals surface area contributed by atoms with E-state index in [1.165, 1.54) is 19.3 Å². The van der Waals surface area contributed by atoms with Gasteiger partial charge in [-0.05, 0) is 19.8 Å². The molecule has 1 aliphatic heterocycles. The van der Waals surface area contributed by atoms with Gasteiger partial charge in [-0.3, -0.25) is 4.99 Å². The number of alkyl halides is 1. The molecule has 16 heavy (non-hydrogen) atoms. The molecule has 0 aromatic heterocycles. The molecule has 0 aromatic carbocycles. The Morgan fingerprint density at radius 1 is 1.44 bits per heavy atom. The van der Waals surface area contributed by atoms with Crippen LogP contribution in [0.25, 0.3) is 0 Å². The minimum absolute atomic E-state index is 0.328. The molecule has 0 radical (unpaired) electrons. The van der Waals surface area contributed by atoms with Gasteiger partial charge >= 0.3 is 5.97 Å². The minimum Gasteiger partial charge on any atom is -0.464 e. The predicted molar refractivity (Wildman–Crippen MR) is 64.1 cm³/mol. The van der Waals surface area contributed by atoms with Crippen molar-refractivity contribution in [2.24, 2.45) is 4.99 Å². The van der Waals surface area contributed by atoms with E-state index in [0.717, 1.165) is 18.6 Å². The third-order valence-electron chi connectivity index (χ3n) is 3.53. The van der Waals surface area contributed by atoms with Crippen molar-refractivity contribution in [3.8, 4) is 0 Å². The number of ether oxygens (including phenoxy) is 1. The Morgan fingerprint density at radius 2 is 2.12 bits per heavy atom. The molecule has 2 aliphatic rings. The van der Waals surface area contributed by atoms with Crippen LogP contribution >= 0.6 is 11.6 Å². The van der Waals surface area contributed by atoms with E-state index in [9.17, 15) is 4.79 Å². The van der Waals surface area contributed by atoms with Crippen molar-refractivity contribution in [1.82, 2.24) is 0 Å². The van der Waals surface area contributed by atoms with Gasteiger partial charge in [-0.1, -0.05) is 30.9 Å². The van der Waals surface area contributed by atoms with Crippen LogP contribution < -0.4 is 0 Å². The summed E-state index contributed by atoms with van der Waals surface area (Å²) in [7, 11) is 0. The van der Waals surface area contributed by atoms with Crippen molar-refractivity contribution in [3.05, 3.63) is 0 Å². The molecule has 1 saturated carbocycles. The van der Waals surface area contributed by atoms with Crippen molar-refractivity contribution >= 4 is 23.3 Å². The first-order valence-corrected chi connectivity index (χ1v) is 6.42. The number of nitrogens with zero attached hydrogens (tertiary/aromatic N) is 1. The topological polar surface area (TPSA) is 38.7 Å². The largest absolute Gasteiger partial charge is 0.464 e. The first kappa shape index (κ1) is 11.9. The summed E-state index contributed by atoms with van der Waals surface area (Å²) in [5.74, 6) is -0.328. The number of carbonyl (C=O) groups is 1. The fourth-order valence-electron chi connectivity index (χ4n) is 2.42. The molecular formula is C12H18ClNO2. The van der Waals surface area contributed by atoms with Gasteiger partial charge in [0, 0.05) is 18.2 Å². The second-order valence-electron chi connectivity index (χ2n) is 4.69. The smallest absolute Gasteiger partial charge is 0.333 e. The summed E-state index contributed by atoms with van der Waals surface area (Å²) in [5, 5.41) is 0. The Kier molecular flexibility index (Phi) is 3.53. The van der Waals surface area contributed by atoms with E-state index in [-0.39, 0.29) is 5.97 Å². The second kappa shape index (κ2) is 4.74. The summed E-state index contributed by atoms with van der Waals surface area (Å²) in [4.78, 5) is 15.2. The number of esters is 1. The molecule has 2 fully saturated rings. The second-order valence-corrected chi connectivity index (χ2v) is 5.34.